The van der Waals surface area contributed by atoms with Gasteiger partial charge in [0.1, 0.15) is 5.69 Å². The second kappa shape index (κ2) is 8.25. The minimum atomic E-state index is 0.0163. The lowest BCUT2D eigenvalue weighted by Gasteiger charge is -2.33. The van der Waals surface area contributed by atoms with Crippen molar-refractivity contribution in [3.05, 3.63) is 34.4 Å². The number of nitrogens with zero attached hydrogens (tertiary/aromatic N) is 2. The van der Waals surface area contributed by atoms with E-state index in [-0.39, 0.29) is 17.7 Å². The van der Waals surface area contributed by atoms with Gasteiger partial charge in [0.2, 0.25) is 5.91 Å². The van der Waals surface area contributed by atoms with Gasteiger partial charge in [-0.2, -0.15) is 0 Å². The van der Waals surface area contributed by atoms with Crippen molar-refractivity contribution in [3.8, 4) is 0 Å². The predicted octanol–water partition coefficient (Wildman–Crippen LogP) is 4.04. The van der Waals surface area contributed by atoms with Crippen molar-refractivity contribution in [2.45, 2.75) is 32.6 Å². The van der Waals surface area contributed by atoms with E-state index in [2.05, 4.69) is 27.8 Å². The number of aromatic amines is 1. The molecule has 1 fully saturated rings. The van der Waals surface area contributed by atoms with E-state index in [1.165, 1.54) is 0 Å². The molecule has 0 saturated carbocycles. The number of carbonyl (C=O) groups excluding carboxylic acids is 2. The maximum Gasteiger partial charge on any atom is 0.270 e. The first-order chi connectivity index (χ1) is 12.5. The Hall–Kier alpha value is -1.82. The van der Waals surface area contributed by atoms with Crippen molar-refractivity contribution < 1.29 is 9.59 Å². The number of H-pyrrole nitrogens is 1. The van der Waals surface area contributed by atoms with E-state index < -0.39 is 0 Å². The number of fused-ring (bicyclic) bond motifs is 1. The van der Waals surface area contributed by atoms with Crippen LogP contribution in [0.5, 0.6) is 0 Å². The molecule has 2 heterocycles. The maximum absolute atomic E-state index is 12.8. The summed E-state index contributed by atoms with van der Waals surface area (Å²) in [4.78, 5) is 32.2. The molecular weight excluding hydrogens is 394 g/mol. The van der Waals surface area contributed by atoms with Crippen molar-refractivity contribution in [2.24, 2.45) is 5.92 Å². The first-order valence-corrected chi connectivity index (χ1v) is 10.1. The van der Waals surface area contributed by atoms with E-state index in [1.54, 1.807) is 0 Å². The minimum Gasteiger partial charge on any atom is -0.350 e. The number of rotatable bonds is 5. The number of likely N-dealkylation sites (tertiary alicyclic amines) is 1. The second-order valence-electron chi connectivity index (χ2n) is 7.09. The third-order valence-corrected chi connectivity index (χ3v) is 5.66. The molecule has 3 rings (SSSR count). The normalized spacial score (nSPS) is 15.4. The Kier molecular flexibility index (Phi) is 6.01. The molecule has 0 spiro atoms. The fourth-order valence-electron chi connectivity index (χ4n) is 3.53. The topological polar surface area (TPSA) is 56.4 Å². The maximum atomic E-state index is 12.8. The quantitative estimate of drug-likeness (QED) is 0.794. The summed E-state index contributed by atoms with van der Waals surface area (Å²) in [5, 5.41) is 1.03. The minimum absolute atomic E-state index is 0.0163. The molecular formula is C20H26BrN3O2. The molecule has 1 N–H and O–H groups in total. The molecule has 2 aromatic rings. The third-order valence-electron chi connectivity index (χ3n) is 5.17. The molecule has 2 amide bonds. The highest BCUT2D eigenvalue weighted by molar-refractivity contribution is 9.10. The van der Waals surface area contributed by atoms with Gasteiger partial charge in [-0.1, -0.05) is 35.3 Å². The summed E-state index contributed by atoms with van der Waals surface area (Å²) in [6.45, 7) is 4.22. The zero-order chi connectivity index (χ0) is 18.7. The Morgan fingerprint density at radius 3 is 2.69 bits per heavy atom. The molecule has 140 valence electrons. The van der Waals surface area contributed by atoms with E-state index in [1.807, 2.05) is 41.1 Å². The molecule has 1 aromatic carbocycles. The Morgan fingerprint density at radius 1 is 1.27 bits per heavy atom. The zero-order valence-corrected chi connectivity index (χ0v) is 17.0. The third kappa shape index (κ3) is 4.11. The molecule has 26 heavy (non-hydrogen) atoms. The van der Waals surface area contributed by atoms with E-state index in [0.717, 1.165) is 47.6 Å². The number of aromatic nitrogens is 1. The number of carbonyl (C=O) groups is 2. The summed E-state index contributed by atoms with van der Waals surface area (Å²) in [6.07, 6.45) is 3.61. The van der Waals surface area contributed by atoms with Crippen LogP contribution in [0.2, 0.25) is 0 Å². The number of unbranched alkanes of at least 4 members (excludes halogenated alkanes) is 1. The molecule has 0 radical (unpaired) electrons. The average Bonchev–Trinajstić information content (AvgIpc) is 3.08. The van der Waals surface area contributed by atoms with Gasteiger partial charge in [-0.15, -0.1) is 0 Å². The number of amides is 2. The zero-order valence-electron chi connectivity index (χ0n) is 15.4. The fourth-order valence-corrected chi connectivity index (χ4v) is 3.89. The van der Waals surface area contributed by atoms with Gasteiger partial charge in [0.15, 0.2) is 0 Å². The average molecular weight is 420 g/mol. The van der Waals surface area contributed by atoms with E-state index in [0.29, 0.717) is 18.8 Å². The van der Waals surface area contributed by atoms with Crippen LogP contribution in [0.4, 0.5) is 0 Å². The van der Waals surface area contributed by atoms with Gasteiger partial charge in [0.25, 0.3) is 5.91 Å². The highest BCUT2D eigenvalue weighted by atomic mass is 79.9. The lowest BCUT2D eigenvalue weighted by Crippen LogP contribution is -2.43. The molecule has 0 unspecified atom stereocenters. The fraction of sp³-hybridized carbons (Fsp3) is 0.500. The summed E-state index contributed by atoms with van der Waals surface area (Å²) in [5.74, 6) is 0.281. The van der Waals surface area contributed by atoms with Crippen LogP contribution in [0, 0.1) is 5.92 Å². The monoisotopic (exact) mass is 419 g/mol. The molecule has 1 aliphatic heterocycles. The smallest absolute Gasteiger partial charge is 0.270 e. The Balaban J connectivity index is 1.60. The van der Waals surface area contributed by atoms with Gasteiger partial charge >= 0.3 is 0 Å². The van der Waals surface area contributed by atoms with Crippen molar-refractivity contribution in [2.75, 3.05) is 26.7 Å². The van der Waals surface area contributed by atoms with E-state index in [4.69, 9.17) is 0 Å². The van der Waals surface area contributed by atoms with Gasteiger partial charge in [0, 0.05) is 48.0 Å². The van der Waals surface area contributed by atoms with Crippen molar-refractivity contribution in [1.29, 1.82) is 0 Å². The molecule has 6 heteroatoms. The van der Waals surface area contributed by atoms with Gasteiger partial charge in [0.05, 0.1) is 0 Å². The highest BCUT2D eigenvalue weighted by Crippen LogP contribution is 2.24. The van der Waals surface area contributed by atoms with Crippen LogP contribution in [0.25, 0.3) is 10.9 Å². The van der Waals surface area contributed by atoms with Crippen molar-refractivity contribution in [3.63, 3.8) is 0 Å². The summed E-state index contributed by atoms with van der Waals surface area (Å²) in [7, 11) is 1.89. The molecule has 0 atom stereocenters. The van der Waals surface area contributed by atoms with Crippen LogP contribution in [-0.2, 0) is 4.79 Å². The first-order valence-electron chi connectivity index (χ1n) is 9.32. The van der Waals surface area contributed by atoms with Crippen LogP contribution in [0.3, 0.4) is 0 Å². The second-order valence-corrected chi connectivity index (χ2v) is 8.01. The summed E-state index contributed by atoms with van der Waals surface area (Å²) >= 11 is 3.45. The van der Waals surface area contributed by atoms with Crippen LogP contribution >= 0.6 is 15.9 Å². The number of benzene rings is 1. The summed E-state index contributed by atoms with van der Waals surface area (Å²) in [6, 6.07) is 7.84. The van der Waals surface area contributed by atoms with Crippen LogP contribution < -0.4 is 0 Å². The molecule has 0 aliphatic carbocycles. The summed E-state index contributed by atoms with van der Waals surface area (Å²) in [5.41, 5.74) is 1.56. The van der Waals surface area contributed by atoms with Gasteiger partial charge < -0.3 is 14.8 Å². The summed E-state index contributed by atoms with van der Waals surface area (Å²) < 4.78 is 0.984. The number of piperidine rings is 1. The standard InChI is InChI=1S/C20H26BrN3O2/c1-3-4-9-23(2)19(25)14-7-10-24(11-8-14)20(26)18-12-15-5-6-16(21)13-17(15)22-18/h5-6,12-14,22H,3-4,7-11H2,1-2H3. The van der Waals surface area contributed by atoms with Crippen molar-refractivity contribution in [1.82, 2.24) is 14.8 Å². The molecule has 5 nitrogen and oxygen atoms in total. The van der Waals surface area contributed by atoms with Crippen LogP contribution in [0.1, 0.15) is 43.1 Å². The van der Waals surface area contributed by atoms with E-state index >= 15 is 0 Å². The Labute approximate surface area is 162 Å². The lowest BCUT2D eigenvalue weighted by atomic mass is 9.95. The Morgan fingerprint density at radius 2 is 2.00 bits per heavy atom. The van der Waals surface area contributed by atoms with Gasteiger partial charge in [-0.25, -0.2) is 0 Å². The molecule has 0 bridgehead atoms. The van der Waals surface area contributed by atoms with Crippen LogP contribution in [0.15, 0.2) is 28.7 Å². The van der Waals surface area contributed by atoms with Gasteiger partial charge in [-0.3, -0.25) is 9.59 Å². The Bertz CT molecular complexity index is 793. The first kappa shape index (κ1) is 19.0. The van der Waals surface area contributed by atoms with Crippen LogP contribution in [-0.4, -0.2) is 53.3 Å². The number of hydrogen-bond acceptors (Lipinski definition) is 2. The largest absolute Gasteiger partial charge is 0.350 e. The highest BCUT2D eigenvalue weighted by Gasteiger charge is 2.29. The molecule has 1 saturated heterocycles. The van der Waals surface area contributed by atoms with Gasteiger partial charge in [-0.05, 0) is 37.5 Å². The van der Waals surface area contributed by atoms with Crippen molar-refractivity contribution >= 4 is 38.6 Å². The number of hydrogen-bond donors (Lipinski definition) is 1. The SMILES string of the molecule is CCCCN(C)C(=O)C1CCN(C(=O)c2cc3ccc(Br)cc3[nH]2)CC1. The molecule has 1 aromatic heterocycles. The number of nitrogens with one attached hydrogen (secondary N) is 1. The predicted molar refractivity (Wildman–Crippen MR) is 107 cm³/mol. The molecule has 1 aliphatic rings. The van der Waals surface area contributed by atoms with E-state index in [9.17, 15) is 9.59 Å². The number of halogens is 1. The lowest BCUT2D eigenvalue weighted by molar-refractivity contribution is -0.135.